The Morgan fingerprint density at radius 3 is 2.57 bits per heavy atom. The molecule has 0 aromatic heterocycles. The molecule has 7 heteroatoms. The molecule has 1 fully saturated rings. The average molecular weight is 292 g/mol. The number of aliphatic carboxylic acids is 1. The molecule has 1 aliphatic carbocycles. The third kappa shape index (κ3) is 4.01. The Hall–Kier alpha value is -2.44. The van der Waals surface area contributed by atoms with Crippen LogP contribution in [0.4, 0.5) is 5.69 Å². The van der Waals surface area contributed by atoms with Crippen molar-refractivity contribution in [3.63, 3.8) is 0 Å². The Bertz CT molecular complexity index is 595. The lowest BCUT2D eigenvalue weighted by Crippen LogP contribution is -2.37. The first-order chi connectivity index (χ1) is 9.86. The number of nitro benzene ring substituents is 1. The minimum absolute atomic E-state index is 0.156. The van der Waals surface area contributed by atoms with Gasteiger partial charge in [-0.1, -0.05) is 0 Å². The molecule has 1 saturated carbocycles. The van der Waals surface area contributed by atoms with Gasteiger partial charge in [0.05, 0.1) is 4.92 Å². The number of hydrogen-bond acceptors (Lipinski definition) is 4. The molecule has 2 rings (SSSR count). The number of hydrogen-bond donors (Lipinski definition) is 1. The third-order valence-electron chi connectivity index (χ3n) is 3.31. The van der Waals surface area contributed by atoms with Gasteiger partial charge < -0.3 is 10.0 Å². The van der Waals surface area contributed by atoms with Crippen molar-refractivity contribution in [2.24, 2.45) is 5.92 Å². The van der Waals surface area contributed by atoms with Crippen molar-refractivity contribution in [3.8, 4) is 0 Å². The van der Waals surface area contributed by atoms with E-state index >= 15 is 0 Å². The van der Waals surface area contributed by atoms with Crippen LogP contribution in [0.1, 0.15) is 28.8 Å². The van der Waals surface area contributed by atoms with Crippen molar-refractivity contribution in [1.29, 1.82) is 0 Å². The maximum Gasteiger partial charge on any atom is 0.323 e. The maximum absolute atomic E-state index is 12.4. The number of carboxylic acid groups (broad SMARTS) is 1. The first kappa shape index (κ1) is 15.0. The SMILES string of the molecule is Cc1cc(C(=O)N(CC(=O)O)CC2CC2)cc([N+](=O)[O-])c1. The molecule has 1 aromatic rings. The van der Waals surface area contributed by atoms with Crippen molar-refractivity contribution < 1.29 is 19.6 Å². The summed E-state index contributed by atoms with van der Waals surface area (Å²) in [5.41, 5.74) is 0.581. The molecule has 0 bridgehead atoms. The standard InChI is InChI=1S/C14H16N2O5/c1-9-4-11(6-12(5-9)16(20)21)14(19)15(8-13(17)18)7-10-2-3-10/h4-6,10H,2-3,7-8H2,1H3,(H,17,18). The second kappa shape index (κ2) is 5.90. The first-order valence-corrected chi connectivity index (χ1v) is 6.64. The number of nitrogens with zero attached hydrogens (tertiary/aromatic N) is 2. The summed E-state index contributed by atoms with van der Waals surface area (Å²) in [5.74, 6) is -1.23. The highest BCUT2D eigenvalue weighted by Crippen LogP contribution is 2.30. The Labute approximate surface area is 121 Å². The van der Waals surface area contributed by atoms with Gasteiger partial charge in [0.1, 0.15) is 6.54 Å². The molecule has 0 unspecified atom stereocenters. The highest BCUT2D eigenvalue weighted by molar-refractivity contribution is 5.96. The molecule has 0 aliphatic heterocycles. The molecular weight excluding hydrogens is 276 g/mol. The van der Waals surface area contributed by atoms with Gasteiger partial charge in [0.15, 0.2) is 0 Å². The van der Waals surface area contributed by atoms with Crippen molar-refractivity contribution in [3.05, 3.63) is 39.4 Å². The van der Waals surface area contributed by atoms with Crippen LogP contribution >= 0.6 is 0 Å². The van der Waals surface area contributed by atoms with Gasteiger partial charge in [0.25, 0.3) is 11.6 Å². The van der Waals surface area contributed by atoms with Crippen molar-refractivity contribution in [1.82, 2.24) is 4.90 Å². The normalized spacial score (nSPS) is 13.8. The van der Waals surface area contributed by atoms with E-state index in [2.05, 4.69) is 0 Å². The van der Waals surface area contributed by atoms with Gasteiger partial charge >= 0.3 is 5.97 Å². The van der Waals surface area contributed by atoms with E-state index in [0.29, 0.717) is 18.0 Å². The quantitative estimate of drug-likeness (QED) is 0.636. The fraction of sp³-hybridized carbons (Fsp3) is 0.429. The van der Waals surface area contributed by atoms with Gasteiger partial charge in [-0.3, -0.25) is 19.7 Å². The van der Waals surface area contributed by atoms with Gasteiger partial charge in [-0.15, -0.1) is 0 Å². The van der Waals surface area contributed by atoms with Crippen LogP contribution < -0.4 is 0 Å². The molecule has 0 heterocycles. The molecule has 1 aliphatic rings. The number of benzene rings is 1. The predicted octanol–water partition coefficient (Wildman–Crippen LogP) is 1.84. The number of nitro groups is 1. The molecular formula is C14H16N2O5. The maximum atomic E-state index is 12.4. The molecule has 21 heavy (non-hydrogen) atoms. The number of carboxylic acids is 1. The fourth-order valence-corrected chi connectivity index (χ4v) is 2.17. The van der Waals surface area contributed by atoms with Crippen molar-refractivity contribution >= 4 is 17.6 Å². The summed E-state index contributed by atoms with van der Waals surface area (Å²) in [4.78, 5) is 34.8. The molecule has 0 saturated heterocycles. The van der Waals surface area contributed by atoms with Crippen LogP contribution in [0, 0.1) is 23.0 Å². The zero-order valence-electron chi connectivity index (χ0n) is 11.6. The summed E-state index contributed by atoms with van der Waals surface area (Å²) in [6.45, 7) is 1.65. The summed E-state index contributed by atoms with van der Waals surface area (Å²) in [6, 6.07) is 4.10. The van der Waals surface area contributed by atoms with Crippen LogP contribution in [0.25, 0.3) is 0 Å². The highest BCUT2D eigenvalue weighted by atomic mass is 16.6. The van der Waals surface area contributed by atoms with E-state index in [1.165, 1.54) is 23.1 Å². The lowest BCUT2D eigenvalue weighted by atomic mass is 10.1. The Morgan fingerprint density at radius 2 is 2.05 bits per heavy atom. The van der Waals surface area contributed by atoms with Crippen LogP contribution in [0.15, 0.2) is 18.2 Å². The predicted molar refractivity (Wildman–Crippen MR) is 74.1 cm³/mol. The van der Waals surface area contributed by atoms with E-state index in [-0.39, 0.29) is 11.3 Å². The number of carbonyl (C=O) groups is 2. The second-order valence-electron chi connectivity index (χ2n) is 5.34. The second-order valence-corrected chi connectivity index (χ2v) is 5.34. The van der Waals surface area contributed by atoms with E-state index in [0.717, 1.165) is 12.8 Å². The first-order valence-electron chi connectivity index (χ1n) is 6.64. The van der Waals surface area contributed by atoms with Crippen molar-refractivity contribution in [2.75, 3.05) is 13.1 Å². The fourth-order valence-electron chi connectivity index (χ4n) is 2.17. The molecule has 0 spiro atoms. The summed E-state index contributed by atoms with van der Waals surface area (Å²) in [6.07, 6.45) is 1.97. The Kier molecular flexibility index (Phi) is 4.21. The van der Waals surface area contributed by atoms with E-state index < -0.39 is 23.3 Å². The van der Waals surface area contributed by atoms with Crippen LogP contribution in [0.2, 0.25) is 0 Å². The van der Waals surface area contributed by atoms with Gasteiger partial charge in [0, 0.05) is 24.2 Å². The number of aryl methyl sites for hydroxylation is 1. The summed E-state index contributed by atoms with van der Waals surface area (Å²) < 4.78 is 0. The minimum atomic E-state index is -1.09. The molecule has 1 aromatic carbocycles. The van der Waals surface area contributed by atoms with Crippen LogP contribution in [0.3, 0.4) is 0 Å². The molecule has 112 valence electrons. The number of non-ortho nitro benzene ring substituents is 1. The molecule has 7 nitrogen and oxygen atoms in total. The summed E-state index contributed by atoms with van der Waals surface area (Å²) >= 11 is 0. The third-order valence-corrected chi connectivity index (χ3v) is 3.31. The van der Waals surface area contributed by atoms with Gasteiger partial charge in [0.2, 0.25) is 0 Å². The number of rotatable bonds is 6. The van der Waals surface area contributed by atoms with Gasteiger partial charge in [-0.2, -0.15) is 0 Å². The van der Waals surface area contributed by atoms with Gasteiger partial charge in [-0.05, 0) is 37.3 Å². The monoisotopic (exact) mass is 292 g/mol. The topological polar surface area (TPSA) is 101 Å². The van der Waals surface area contributed by atoms with Gasteiger partial charge in [-0.25, -0.2) is 0 Å². The van der Waals surface area contributed by atoms with Crippen LogP contribution in [-0.2, 0) is 4.79 Å². The van der Waals surface area contributed by atoms with Crippen LogP contribution in [-0.4, -0.2) is 39.9 Å². The Balaban J connectivity index is 2.26. The summed E-state index contributed by atoms with van der Waals surface area (Å²) in [7, 11) is 0. The minimum Gasteiger partial charge on any atom is -0.480 e. The average Bonchev–Trinajstić information content (AvgIpc) is 3.19. The highest BCUT2D eigenvalue weighted by Gasteiger charge is 2.29. The molecule has 0 atom stereocenters. The summed E-state index contributed by atoms with van der Waals surface area (Å²) in [5, 5.41) is 19.8. The molecule has 0 radical (unpaired) electrons. The van der Waals surface area contributed by atoms with E-state index in [1.807, 2.05) is 0 Å². The van der Waals surface area contributed by atoms with Crippen LogP contribution in [0.5, 0.6) is 0 Å². The number of carbonyl (C=O) groups excluding carboxylic acids is 1. The lowest BCUT2D eigenvalue weighted by Gasteiger charge is -2.20. The van der Waals surface area contributed by atoms with Crippen molar-refractivity contribution in [2.45, 2.75) is 19.8 Å². The number of amides is 1. The largest absolute Gasteiger partial charge is 0.480 e. The zero-order valence-corrected chi connectivity index (χ0v) is 11.6. The van der Waals surface area contributed by atoms with E-state index in [4.69, 9.17) is 5.11 Å². The smallest absolute Gasteiger partial charge is 0.323 e. The lowest BCUT2D eigenvalue weighted by molar-refractivity contribution is -0.384. The molecule has 1 amide bonds. The Morgan fingerprint density at radius 1 is 1.38 bits per heavy atom. The molecule has 1 N–H and O–H groups in total. The zero-order chi connectivity index (χ0) is 15.6. The van der Waals surface area contributed by atoms with E-state index in [1.54, 1.807) is 6.92 Å². The van der Waals surface area contributed by atoms with E-state index in [9.17, 15) is 19.7 Å².